The first-order chi connectivity index (χ1) is 15.0. The number of rotatable bonds is 4. The first kappa shape index (κ1) is 20.2. The van der Waals surface area contributed by atoms with Crippen LogP contribution in [0, 0.1) is 6.92 Å². The molecule has 2 atom stereocenters. The lowest BCUT2D eigenvalue weighted by Gasteiger charge is -2.27. The van der Waals surface area contributed by atoms with Crippen molar-refractivity contribution in [1.29, 1.82) is 0 Å². The van der Waals surface area contributed by atoms with Gasteiger partial charge in [-0.3, -0.25) is 4.79 Å². The van der Waals surface area contributed by atoms with Crippen LogP contribution in [0.2, 0.25) is 0 Å². The van der Waals surface area contributed by atoms with Crippen LogP contribution in [0.15, 0.2) is 24.4 Å². The van der Waals surface area contributed by atoms with Crippen LogP contribution in [-0.4, -0.2) is 48.1 Å². The van der Waals surface area contributed by atoms with Crippen molar-refractivity contribution in [2.45, 2.75) is 44.7 Å². The number of nitrogen functional groups attached to an aromatic ring is 1. The van der Waals surface area contributed by atoms with Crippen LogP contribution in [0.5, 0.6) is 0 Å². The molecule has 162 valence electrons. The molecule has 2 aromatic heterocycles. The molecule has 0 radical (unpaired) electrons. The molecule has 3 heterocycles. The van der Waals surface area contributed by atoms with Gasteiger partial charge >= 0.3 is 0 Å². The van der Waals surface area contributed by atoms with E-state index in [0.29, 0.717) is 27.0 Å². The van der Waals surface area contributed by atoms with Gasteiger partial charge in [-0.1, -0.05) is 6.07 Å². The lowest BCUT2D eigenvalue weighted by Crippen LogP contribution is -2.38. The number of nitrogens with zero attached hydrogens (tertiary/aromatic N) is 3. The molecule has 1 fully saturated rings. The predicted octanol–water partition coefficient (Wildman–Crippen LogP) is 2.67. The lowest BCUT2D eigenvalue weighted by atomic mass is 9.87. The van der Waals surface area contributed by atoms with Crippen LogP contribution < -0.4 is 21.3 Å². The Morgan fingerprint density at radius 3 is 2.94 bits per heavy atom. The number of nitrogens with two attached hydrogens (primary N) is 1. The largest absolute Gasteiger partial charge is 0.396 e. The van der Waals surface area contributed by atoms with E-state index in [1.807, 2.05) is 14.0 Å². The van der Waals surface area contributed by atoms with E-state index in [2.05, 4.69) is 43.7 Å². The molecule has 1 saturated heterocycles. The van der Waals surface area contributed by atoms with E-state index in [9.17, 15) is 4.79 Å². The molecule has 0 spiro atoms. The highest BCUT2D eigenvalue weighted by Gasteiger charge is 2.26. The average Bonchev–Trinajstić information content (AvgIpc) is 3.38. The fourth-order valence-corrected chi connectivity index (χ4v) is 5.68. The van der Waals surface area contributed by atoms with E-state index in [0.717, 1.165) is 38.0 Å². The topological polar surface area (TPSA) is 96.2 Å². The van der Waals surface area contributed by atoms with Gasteiger partial charge in [-0.2, -0.15) is 0 Å². The molecule has 7 nitrogen and oxygen atoms in total. The van der Waals surface area contributed by atoms with Crippen LogP contribution in [0.1, 0.15) is 39.3 Å². The number of amides is 1. The monoisotopic (exact) mass is 436 g/mol. The molecular formula is C23H28N6OS. The van der Waals surface area contributed by atoms with Gasteiger partial charge in [0.25, 0.3) is 5.91 Å². The summed E-state index contributed by atoms with van der Waals surface area (Å²) in [5, 5.41) is 6.57. The number of carbonyl (C=O) groups excluding carboxylic acids is 1. The molecule has 5 rings (SSSR count). The third-order valence-electron chi connectivity index (χ3n) is 6.48. The summed E-state index contributed by atoms with van der Waals surface area (Å²) >= 11 is 1.32. The summed E-state index contributed by atoms with van der Waals surface area (Å²) in [6.45, 7) is 4.05. The number of anilines is 2. The van der Waals surface area contributed by atoms with E-state index in [1.165, 1.54) is 34.6 Å². The Balaban J connectivity index is 1.28. The van der Waals surface area contributed by atoms with Crippen LogP contribution in [0.25, 0.3) is 10.3 Å². The number of likely N-dealkylation sites (N-methyl/N-ethyl adjacent to an activating group) is 1. The second kappa shape index (κ2) is 8.09. The van der Waals surface area contributed by atoms with Crippen molar-refractivity contribution in [2.24, 2.45) is 0 Å². The minimum absolute atomic E-state index is 0.110. The number of thiophene rings is 1. The Morgan fingerprint density at radius 2 is 2.13 bits per heavy atom. The van der Waals surface area contributed by atoms with Gasteiger partial charge in [0.1, 0.15) is 15.2 Å². The van der Waals surface area contributed by atoms with Crippen LogP contribution in [0.4, 0.5) is 11.4 Å². The molecule has 1 amide bonds. The van der Waals surface area contributed by atoms with Gasteiger partial charge in [0.05, 0.1) is 11.4 Å². The molecule has 0 unspecified atom stereocenters. The maximum Gasteiger partial charge on any atom is 0.263 e. The molecule has 1 aliphatic carbocycles. The van der Waals surface area contributed by atoms with Crippen LogP contribution in [-0.2, 0) is 12.8 Å². The van der Waals surface area contributed by atoms with Gasteiger partial charge in [-0.25, -0.2) is 9.97 Å². The summed E-state index contributed by atoms with van der Waals surface area (Å²) in [6.07, 6.45) is 5.62. The Kier molecular flexibility index (Phi) is 5.27. The number of carbonyl (C=O) groups is 1. The molecule has 8 heteroatoms. The standard InChI is InChI=1S/C23H28N6OS/c1-13-11-26-20-19(24)21(31-23(20)27-13)22(30)28-16-5-3-15-10-18(6-4-14(15)9-16)29-8-7-17(12-29)25-2/h4,6,10-11,16-17,25H,3,5,7-9,12,24H2,1-2H3,(H,28,30)/t16-,17-/m0/s1. The molecule has 3 aromatic rings. The van der Waals surface area contributed by atoms with E-state index >= 15 is 0 Å². The van der Waals surface area contributed by atoms with Crippen molar-refractivity contribution in [3.63, 3.8) is 0 Å². The zero-order valence-electron chi connectivity index (χ0n) is 17.9. The fraction of sp³-hybridized carbons (Fsp3) is 0.435. The maximum absolute atomic E-state index is 12.9. The lowest BCUT2D eigenvalue weighted by molar-refractivity contribution is 0.0938. The van der Waals surface area contributed by atoms with Crippen LogP contribution in [0.3, 0.4) is 0 Å². The second-order valence-electron chi connectivity index (χ2n) is 8.60. The van der Waals surface area contributed by atoms with E-state index in [-0.39, 0.29) is 11.9 Å². The number of hydrogen-bond donors (Lipinski definition) is 3. The summed E-state index contributed by atoms with van der Waals surface area (Å²) in [7, 11) is 2.04. The summed E-state index contributed by atoms with van der Waals surface area (Å²) in [4.78, 5) is 25.4. The van der Waals surface area contributed by atoms with Gasteiger partial charge in [-0.15, -0.1) is 11.3 Å². The zero-order chi connectivity index (χ0) is 21.5. The predicted molar refractivity (Wildman–Crippen MR) is 126 cm³/mol. The molecule has 1 aliphatic heterocycles. The van der Waals surface area contributed by atoms with Gasteiger partial charge in [-0.05, 0) is 62.9 Å². The quantitative estimate of drug-likeness (QED) is 0.582. The molecule has 4 N–H and O–H groups in total. The molecule has 0 bridgehead atoms. The van der Waals surface area contributed by atoms with Gasteiger partial charge < -0.3 is 21.3 Å². The Morgan fingerprint density at radius 1 is 1.26 bits per heavy atom. The second-order valence-corrected chi connectivity index (χ2v) is 9.60. The zero-order valence-corrected chi connectivity index (χ0v) is 18.8. The highest BCUT2D eigenvalue weighted by atomic mass is 32.1. The molecule has 0 saturated carbocycles. The molecule has 31 heavy (non-hydrogen) atoms. The molecule has 2 aliphatic rings. The van der Waals surface area contributed by atoms with E-state index in [4.69, 9.17) is 5.73 Å². The fourth-order valence-electron chi connectivity index (χ4n) is 4.68. The maximum atomic E-state index is 12.9. The third kappa shape index (κ3) is 3.85. The highest BCUT2D eigenvalue weighted by Crippen LogP contribution is 2.32. The Hall–Kier alpha value is -2.71. The van der Waals surface area contributed by atoms with Crippen molar-refractivity contribution in [2.75, 3.05) is 30.8 Å². The SMILES string of the molecule is CN[C@H]1CCN(c2ccc3c(c2)CC[C@H](NC(=O)c2sc4nc(C)cnc4c2N)C3)C1. The number of aryl methyl sites for hydroxylation is 2. The molecular weight excluding hydrogens is 408 g/mol. The summed E-state index contributed by atoms with van der Waals surface area (Å²) in [5.74, 6) is -0.125. The first-order valence-corrected chi connectivity index (χ1v) is 11.7. The third-order valence-corrected chi connectivity index (χ3v) is 7.57. The minimum atomic E-state index is -0.125. The Bertz CT molecular complexity index is 1140. The first-order valence-electron chi connectivity index (χ1n) is 10.9. The van der Waals surface area contributed by atoms with Crippen molar-refractivity contribution in [3.05, 3.63) is 46.1 Å². The number of aromatic nitrogens is 2. The Labute approximate surface area is 186 Å². The van der Waals surface area contributed by atoms with Crippen molar-refractivity contribution in [1.82, 2.24) is 20.6 Å². The number of nitrogens with one attached hydrogen (secondary N) is 2. The van der Waals surface area contributed by atoms with Crippen molar-refractivity contribution >= 4 is 39.0 Å². The normalized spacial score (nSPS) is 20.8. The number of hydrogen-bond acceptors (Lipinski definition) is 7. The summed E-state index contributed by atoms with van der Waals surface area (Å²) in [5.41, 5.74) is 12.1. The van der Waals surface area contributed by atoms with Crippen LogP contribution >= 0.6 is 11.3 Å². The highest BCUT2D eigenvalue weighted by molar-refractivity contribution is 7.21. The van der Waals surface area contributed by atoms with Gasteiger partial charge in [0, 0.05) is 37.1 Å². The average molecular weight is 437 g/mol. The van der Waals surface area contributed by atoms with E-state index < -0.39 is 0 Å². The minimum Gasteiger partial charge on any atom is -0.396 e. The molecule has 1 aromatic carbocycles. The van der Waals surface area contributed by atoms with E-state index in [1.54, 1.807) is 6.20 Å². The number of fused-ring (bicyclic) bond motifs is 2. The van der Waals surface area contributed by atoms with Crippen molar-refractivity contribution < 1.29 is 4.79 Å². The number of benzene rings is 1. The summed E-state index contributed by atoms with van der Waals surface area (Å²) in [6, 6.07) is 7.49. The van der Waals surface area contributed by atoms with Gasteiger partial charge in [0.2, 0.25) is 0 Å². The van der Waals surface area contributed by atoms with Crippen molar-refractivity contribution in [3.8, 4) is 0 Å². The van der Waals surface area contributed by atoms with Gasteiger partial charge in [0.15, 0.2) is 0 Å². The smallest absolute Gasteiger partial charge is 0.263 e. The summed E-state index contributed by atoms with van der Waals surface area (Å²) < 4.78 is 0.